The second-order valence-corrected chi connectivity index (χ2v) is 3.90. The number of rotatable bonds is 3. The lowest BCUT2D eigenvalue weighted by Crippen LogP contribution is -2.41. The zero-order valence-electron chi connectivity index (χ0n) is 8.40. The molecule has 0 unspecified atom stereocenters. The largest absolute Gasteiger partial charge is 0.390 e. The van der Waals surface area contributed by atoms with Crippen molar-refractivity contribution in [2.45, 2.75) is 31.5 Å². The van der Waals surface area contributed by atoms with Gasteiger partial charge in [0, 0.05) is 12.6 Å². The van der Waals surface area contributed by atoms with E-state index in [4.69, 9.17) is 0 Å². The van der Waals surface area contributed by atoms with E-state index >= 15 is 0 Å². The molecule has 0 aromatic heterocycles. The molecule has 0 bridgehead atoms. The van der Waals surface area contributed by atoms with Gasteiger partial charge in [0.25, 0.3) is 0 Å². The van der Waals surface area contributed by atoms with E-state index in [0.717, 1.165) is 25.9 Å². The minimum atomic E-state index is -4.03. The van der Waals surface area contributed by atoms with Crippen LogP contribution in [0.4, 0.5) is 13.2 Å². The number of likely N-dealkylation sites (tertiary alicyclic amines) is 1. The number of hydrogen-bond donors (Lipinski definition) is 1. The summed E-state index contributed by atoms with van der Waals surface area (Å²) in [6.07, 6.45) is -2.85. The minimum Gasteiger partial charge on any atom is -0.314 e. The predicted octanol–water partition coefficient (Wildman–Crippen LogP) is 1.62. The monoisotopic (exact) mass is 210 g/mol. The molecule has 5 heteroatoms. The molecule has 0 atom stereocenters. The van der Waals surface area contributed by atoms with Crippen molar-refractivity contribution >= 4 is 0 Å². The number of alkyl halides is 3. The summed E-state index contributed by atoms with van der Waals surface area (Å²) in [7, 11) is 2.03. The third-order valence-electron chi connectivity index (χ3n) is 2.56. The van der Waals surface area contributed by atoms with E-state index in [1.807, 2.05) is 7.05 Å². The molecular weight excluding hydrogens is 193 g/mol. The van der Waals surface area contributed by atoms with E-state index in [9.17, 15) is 13.2 Å². The normalized spacial score (nSPS) is 21.4. The maximum absolute atomic E-state index is 11.8. The fourth-order valence-electron chi connectivity index (χ4n) is 1.63. The predicted molar refractivity (Wildman–Crippen MR) is 49.2 cm³/mol. The Balaban J connectivity index is 2.08. The van der Waals surface area contributed by atoms with Gasteiger partial charge in [-0.1, -0.05) is 0 Å². The molecule has 2 nitrogen and oxygen atoms in total. The Morgan fingerprint density at radius 2 is 1.86 bits per heavy atom. The first kappa shape index (κ1) is 11.8. The zero-order chi connectivity index (χ0) is 10.6. The van der Waals surface area contributed by atoms with Crippen LogP contribution in [0.25, 0.3) is 0 Å². The highest BCUT2D eigenvalue weighted by Gasteiger charge is 2.27. The SMILES string of the molecule is CN1CCC(NCCC(F)(F)F)CC1. The second kappa shape index (κ2) is 4.98. The van der Waals surface area contributed by atoms with Gasteiger partial charge in [0.1, 0.15) is 0 Å². The van der Waals surface area contributed by atoms with E-state index in [1.54, 1.807) is 0 Å². The first-order valence-corrected chi connectivity index (χ1v) is 4.96. The fraction of sp³-hybridized carbons (Fsp3) is 1.00. The van der Waals surface area contributed by atoms with Crippen LogP contribution in [0.3, 0.4) is 0 Å². The summed E-state index contributed by atoms with van der Waals surface area (Å²) < 4.78 is 35.5. The van der Waals surface area contributed by atoms with Crippen LogP contribution in [0.15, 0.2) is 0 Å². The maximum atomic E-state index is 11.8. The van der Waals surface area contributed by atoms with Gasteiger partial charge < -0.3 is 10.2 Å². The summed E-state index contributed by atoms with van der Waals surface area (Å²) in [5, 5.41) is 2.95. The van der Waals surface area contributed by atoms with Crippen molar-refractivity contribution in [2.75, 3.05) is 26.7 Å². The van der Waals surface area contributed by atoms with Crippen molar-refractivity contribution in [1.29, 1.82) is 0 Å². The minimum absolute atomic E-state index is 0.0535. The summed E-state index contributed by atoms with van der Waals surface area (Å²) >= 11 is 0. The molecule has 14 heavy (non-hydrogen) atoms. The smallest absolute Gasteiger partial charge is 0.314 e. The lowest BCUT2D eigenvalue weighted by atomic mass is 10.1. The Morgan fingerprint density at radius 3 is 2.36 bits per heavy atom. The first-order valence-electron chi connectivity index (χ1n) is 4.96. The van der Waals surface area contributed by atoms with Gasteiger partial charge >= 0.3 is 6.18 Å². The summed E-state index contributed by atoms with van der Waals surface area (Å²) in [4.78, 5) is 2.20. The molecule has 84 valence electrons. The summed E-state index contributed by atoms with van der Waals surface area (Å²) in [6.45, 7) is 2.01. The highest BCUT2D eigenvalue weighted by molar-refractivity contribution is 4.75. The Morgan fingerprint density at radius 1 is 1.29 bits per heavy atom. The van der Waals surface area contributed by atoms with Crippen LogP contribution in [-0.4, -0.2) is 43.8 Å². The van der Waals surface area contributed by atoms with Crippen molar-refractivity contribution in [3.63, 3.8) is 0 Å². The van der Waals surface area contributed by atoms with Crippen molar-refractivity contribution in [2.24, 2.45) is 0 Å². The van der Waals surface area contributed by atoms with E-state index in [-0.39, 0.29) is 12.6 Å². The number of nitrogens with zero attached hydrogens (tertiary/aromatic N) is 1. The number of halogens is 3. The Kier molecular flexibility index (Phi) is 4.19. The second-order valence-electron chi connectivity index (χ2n) is 3.90. The van der Waals surface area contributed by atoms with Gasteiger partial charge in [0.05, 0.1) is 6.42 Å². The molecule has 0 aromatic carbocycles. The summed E-state index contributed by atoms with van der Waals surface area (Å²) in [5.41, 5.74) is 0. The van der Waals surface area contributed by atoms with Crippen molar-refractivity contribution in [1.82, 2.24) is 10.2 Å². The zero-order valence-corrected chi connectivity index (χ0v) is 8.40. The molecule has 0 radical (unpaired) electrons. The molecule has 1 N–H and O–H groups in total. The molecule has 1 aliphatic heterocycles. The van der Waals surface area contributed by atoms with Crippen LogP contribution < -0.4 is 5.32 Å². The number of hydrogen-bond acceptors (Lipinski definition) is 2. The van der Waals surface area contributed by atoms with E-state index in [0.29, 0.717) is 0 Å². The van der Waals surface area contributed by atoms with Crippen LogP contribution >= 0.6 is 0 Å². The molecule has 1 aliphatic rings. The molecule has 1 rings (SSSR count). The lowest BCUT2D eigenvalue weighted by molar-refractivity contribution is -0.133. The van der Waals surface area contributed by atoms with Gasteiger partial charge in [0.2, 0.25) is 0 Å². The molecule has 0 aromatic rings. The highest BCUT2D eigenvalue weighted by Crippen LogP contribution is 2.18. The van der Waals surface area contributed by atoms with E-state index in [1.165, 1.54) is 0 Å². The molecule has 1 fully saturated rings. The third-order valence-corrected chi connectivity index (χ3v) is 2.56. The van der Waals surface area contributed by atoms with Crippen molar-refractivity contribution in [3.8, 4) is 0 Å². The van der Waals surface area contributed by atoms with Crippen LogP contribution in [0.5, 0.6) is 0 Å². The number of piperidine rings is 1. The van der Waals surface area contributed by atoms with Gasteiger partial charge in [-0.2, -0.15) is 13.2 Å². The average Bonchev–Trinajstić information content (AvgIpc) is 2.06. The van der Waals surface area contributed by atoms with Crippen molar-refractivity contribution < 1.29 is 13.2 Å². The molecule has 0 saturated carbocycles. The molecule has 0 amide bonds. The third kappa shape index (κ3) is 4.81. The Bertz CT molecular complexity index is 162. The Hall–Kier alpha value is -0.290. The van der Waals surface area contributed by atoms with Crippen molar-refractivity contribution in [3.05, 3.63) is 0 Å². The van der Waals surface area contributed by atoms with Crippen LogP contribution in [0.1, 0.15) is 19.3 Å². The van der Waals surface area contributed by atoms with Gasteiger partial charge in [-0.15, -0.1) is 0 Å². The van der Waals surface area contributed by atoms with Crippen LogP contribution in [0, 0.1) is 0 Å². The standard InChI is InChI=1S/C9H17F3N2/c1-14-6-2-8(3-7-14)13-5-4-9(10,11)12/h8,13H,2-7H2,1H3. The van der Waals surface area contributed by atoms with E-state index in [2.05, 4.69) is 10.2 Å². The number of nitrogens with one attached hydrogen (secondary N) is 1. The summed E-state index contributed by atoms with van der Waals surface area (Å²) in [5.74, 6) is 0. The molecular formula is C9H17F3N2. The van der Waals surface area contributed by atoms with E-state index < -0.39 is 12.6 Å². The molecule has 1 saturated heterocycles. The molecule has 1 heterocycles. The quantitative estimate of drug-likeness (QED) is 0.761. The van der Waals surface area contributed by atoms with Gasteiger partial charge in [0.15, 0.2) is 0 Å². The van der Waals surface area contributed by atoms with Gasteiger partial charge in [-0.25, -0.2) is 0 Å². The van der Waals surface area contributed by atoms with Crippen LogP contribution in [0.2, 0.25) is 0 Å². The molecule has 0 aliphatic carbocycles. The fourth-order valence-corrected chi connectivity index (χ4v) is 1.63. The lowest BCUT2D eigenvalue weighted by Gasteiger charge is -2.29. The van der Waals surface area contributed by atoms with Crippen LogP contribution in [-0.2, 0) is 0 Å². The maximum Gasteiger partial charge on any atom is 0.390 e. The highest BCUT2D eigenvalue weighted by atomic mass is 19.4. The Labute approximate surface area is 82.5 Å². The average molecular weight is 210 g/mol. The van der Waals surface area contributed by atoms with Gasteiger partial charge in [-0.3, -0.25) is 0 Å². The first-order chi connectivity index (χ1) is 6.47. The summed E-state index contributed by atoms with van der Waals surface area (Å²) in [6, 6.07) is 0.272. The molecule has 0 spiro atoms. The topological polar surface area (TPSA) is 15.3 Å². The van der Waals surface area contributed by atoms with Gasteiger partial charge in [-0.05, 0) is 33.0 Å².